The van der Waals surface area contributed by atoms with Crippen LogP contribution in [0.3, 0.4) is 0 Å². The first kappa shape index (κ1) is 23.6. The van der Waals surface area contributed by atoms with Crippen molar-refractivity contribution >= 4 is 34.7 Å². The molecule has 8 atom stereocenters. The quantitative estimate of drug-likeness (QED) is 0.302. The number of nitrogens with two attached hydrogens (primary N) is 1. The first-order valence-corrected chi connectivity index (χ1v) is 10.6. The molecule has 4 unspecified atom stereocenters. The SMILES string of the molecule is C[C@H]1c2c([N+]#N)ccc(O)c2C(=O)C2C(=O)[C@]3(O)C(=O)C(C(N)=O)C(=O)[C@@H](N(C)C)C3[C@@H](O)C21. The van der Waals surface area contributed by atoms with E-state index in [0.717, 1.165) is 6.07 Å². The number of benzene rings is 1. The fourth-order valence-electron chi connectivity index (χ4n) is 6.13. The third-order valence-corrected chi connectivity index (χ3v) is 7.55. The summed E-state index contributed by atoms with van der Waals surface area (Å²) in [4.78, 5) is 69.8. The summed E-state index contributed by atoms with van der Waals surface area (Å²) in [5.41, 5.74) is 1.88. The van der Waals surface area contributed by atoms with Gasteiger partial charge in [-0.05, 0) is 26.1 Å². The lowest BCUT2D eigenvalue weighted by Gasteiger charge is -2.55. The second-order valence-electron chi connectivity index (χ2n) is 9.36. The molecule has 0 aromatic heterocycles. The molecule has 0 aliphatic heterocycles. The van der Waals surface area contributed by atoms with Gasteiger partial charge in [-0.3, -0.25) is 28.9 Å². The second-order valence-corrected chi connectivity index (χ2v) is 9.36. The Labute approximate surface area is 193 Å². The average molecular weight is 471 g/mol. The summed E-state index contributed by atoms with van der Waals surface area (Å²) >= 11 is 0. The molecule has 12 nitrogen and oxygen atoms in total. The Balaban J connectivity index is 1.99. The molecular formula is C22H23N4O8+. The lowest BCUT2D eigenvalue weighted by molar-refractivity contribution is -0.196. The minimum atomic E-state index is -3.05. The number of hydrogen-bond donors (Lipinski definition) is 4. The molecule has 2 fully saturated rings. The van der Waals surface area contributed by atoms with E-state index in [-0.39, 0.29) is 16.8 Å². The average Bonchev–Trinajstić information content (AvgIpc) is 2.75. The van der Waals surface area contributed by atoms with E-state index in [1.54, 1.807) is 0 Å². The Kier molecular flexibility index (Phi) is 5.20. The van der Waals surface area contributed by atoms with Gasteiger partial charge in [-0.25, -0.2) is 0 Å². The van der Waals surface area contributed by atoms with Gasteiger partial charge in [0, 0.05) is 12.0 Å². The van der Waals surface area contributed by atoms with Gasteiger partial charge in [-0.15, -0.1) is 0 Å². The molecule has 178 valence electrons. The number of hydrogen-bond acceptors (Lipinski definition) is 10. The first-order valence-electron chi connectivity index (χ1n) is 10.6. The number of aliphatic hydroxyl groups excluding tert-OH is 1. The van der Waals surface area contributed by atoms with E-state index in [1.165, 1.54) is 32.0 Å². The van der Waals surface area contributed by atoms with Crippen LogP contribution in [0, 0.1) is 29.1 Å². The number of phenols is 1. The van der Waals surface area contributed by atoms with Gasteiger partial charge in [0.15, 0.2) is 39.6 Å². The van der Waals surface area contributed by atoms with E-state index in [1.807, 2.05) is 0 Å². The summed E-state index contributed by atoms with van der Waals surface area (Å²) in [6.45, 7) is 1.53. The predicted octanol–water partition coefficient (Wildman–Crippen LogP) is -1.12. The van der Waals surface area contributed by atoms with Gasteiger partial charge in [0.05, 0.1) is 35.1 Å². The Bertz CT molecular complexity index is 1220. The standard InChI is InChI=1S/C22H22N4O8/c1-6-9-7(25-24)4-5-8(27)11(9)16(28)12-10(6)17(29)14-15(26(2)3)18(30)13(21(23)33)20(32)22(14,34)19(12)31/h4-6,10,12-15,17,29,34H,1-3H3,(H2-,23,27,28,33)/p+1/t6-,10?,12?,13?,14?,15-,17-,22-/m0/s1. The van der Waals surface area contributed by atoms with Gasteiger partial charge in [0.1, 0.15) is 5.75 Å². The molecular weight excluding hydrogens is 448 g/mol. The van der Waals surface area contributed by atoms with E-state index >= 15 is 0 Å². The summed E-state index contributed by atoms with van der Waals surface area (Å²) in [5, 5.41) is 42.7. The van der Waals surface area contributed by atoms with Crippen molar-refractivity contribution in [3.63, 3.8) is 0 Å². The number of fused-ring (bicyclic) bond motifs is 3. The molecule has 0 spiro atoms. The van der Waals surface area contributed by atoms with E-state index in [4.69, 9.17) is 5.73 Å². The van der Waals surface area contributed by atoms with Crippen LogP contribution in [0.5, 0.6) is 5.75 Å². The molecule has 12 heteroatoms. The van der Waals surface area contributed by atoms with Crippen molar-refractivity contribution in [2.75, 3.05) is 14.1 Å². The number of likely N-dealkylation sites (N-methyl/N-ethyl adjacent to an activating group) is 1. The lowest BCUT2D eigenvalue weighted by atomic mass is 9.49. The van der Waals surface area contributed by atoms with Crippen LogP contribution in [0.4, 0.5) is 5.69 Å². The van der Waals surface area contributed by atoms with Crippen LogP contribution < -0.4 is 5.73 Å². The number of aromatic hydroxyl groups is 1. The number of nitrogens with zero attached hydrogens (tertiary/aromatic N) is 3. The van der Waals surface area contributed by atoms with Gasteiger partial charge in [-0.1, -0.05) is 6.92 Å². The van der Waals surface area contributed by atoms with E-state index in [0.29, 0.717) is 0 Å². The molecule has 34 heavy (non-hydrogen) atoms. The van der Waals surface area contributed by atoms with Gasteiger partial charge >= 0.3 is 5.69 Å². The molecule has 0 bridgehead atoms. The molecule has 1 aromatic rings. The number of ketones is 4. The Morgan fingerprint density at radius 1 is 1.18 bits per heavy atom. The zero-order valence-electron chi connectivity index (χ0n) is 18.5. The third kappa shape index (κ3) is 2.68. The highest BCUT2D eigenvalue weighted by Gasteiger charge is 2.73. The molecule has 3 aliphatic carbocycles. The highest BCUT2D eigenvalue weighted by molar-refractivity contribution is 6.32. The van der Waals surface area contributed by atoms with Gasteiger partial charge in [0.25, 0.3) is 0 Å². The zero-order chi connectivity index (χ0) is 25.4. The van der Waals surface area contributed by atoms with Crippen molar-refractivity contribution in [1.82, 2.24) is 4.90 Å². The zero-order valence-corrected chi connectivity index (χ0v) is 18.5. The van der Waals surface area contributed by atoms with E-state index in [2.05, 4.69) is 4.98 Å². The molecule has 0 heterocycles. The summed E-state index contributed by atoms with van der Waals surface area (Å²) in [6.07, 6.45) is -1.75. The number of rotatable bonds is 2. The topological polar surface area (TPSA) is 203 Å². The highest BCUT2D eigenvalue weighted by Crippen LogP contribution is 2.55. The smallest absolute Gasteiger partial charge is 0.389 e. The Hall–Kier alpha value is -3.53. The normalized spacial score (nSPS) is 37.0. The second kappa shape index (κ2) is 7.49. The third-order valence-electron chi connectivity index (χ3n) is 7.55. The fraction of sp³-hybridized carbons (Fsp3) is 0.500. The molecule has 1 aromatic carbocycles. The number of carbonyl (C=O) groups is 5. The van der Waals surface area contributed by atoms with Crippen molar-refractivity contribution in [2.24, 2.45) is 29.4 Å². The highest BCUT2D eigenvalue weighted by atomic mass is 16.3. The Morgan fingerprint density at radius 3 is 2.32 bits per heavy atom. The molecule has 3 aliphatic rings. The molecule has 0 radical (unpaired) electrons. The monoisotopic (exact) mass is 471 g/mol. The largest absolute Gasteiger partial charge is 0.507 e. The van der Waals surface area contributed by atoms with Crippen molar-refractivity contribution in [3.8, 4) is 5.75 Å². The minimum absolute atomic E-state index is 0.0682. The van der Waals surface area contributed by atoms with Crippen molar-refractivity contribution < 1.29 is 39.3 Å². The predicted molar refractivity (Wildman–Crippen MR) is 112 cm³/mol. The van der Waals surface area contributed by atoms with Crippen molar-refractivity contribution in [2.45, 2.75) is 30.6 Å². The van der Waals surface area contributed by atoms with E-state index < -0.39 is 82.1 Å². The molecule has 4 rings (SSSR count). The molecule has 5 N–H and O–H groups in total. The van der Waals surface area contributed by atoms with Crippen molar-refractivity contribution in [1.29, 1.82) is 5.39 Å². The minimum Gasteiger partial charge on any atom is -0.507 e. The van der Waals surface area contributed by atoms with Gasteiger partial charge in [0.2, 0.25) is 11.3 Å². The van der Waals surface area contributed by atoms with Gasteiger partial charge < -0.3 is 21.1 Å². The maximum Gasteiger partial charge on any atom is 0.389 e. The summed E-state index contributed by atoms with van der Waals surface area (Å²) in [5.74, 6) is -14.3. The fourth-order valence-corrected chi connectivity index (χ4v) is 6.13. The number of amides is 1. The summed E-state index contributed by atoms with van der Waals surface area (Å²) in [6, 6.07) is 0.893. The number of primary amides is 1. The Morgan fingerprint density at radius 2 is 1.79 bits per heavy atom. The number of carbonyl (C=O) groups excluding carboxylic acids is 5. The van der Waals surface area contributed by atoms with Crippen LogP contribution in [0.15, 0.2) is 12.1 Å². The van der Waals surface area contributed by atoms with Crippen LogP contribution in [-0.2, 0) is 19.2 Å². The molecule has 2 saturated carbocycles. The summed E-state index contributed by atoms with van der Waals surface area (Å²) < 4.78 is 0. The van der Waals surface area contributed by atoms with Crippen LogP contribution in [-0.4, -0.2) is 81.1 Å². The maximum absolute atomic E-state index is 13.7. The van der Waals surface area contributed by atoms with Crippen LogP contribution in [0.25, 0.3) is 4.98 Å². The maximum atomic E-state index is 13.7. The molecule has 1 amide bonds. The van der Waals surface area contributed by atoms with Crippen LogP contribution >= 0.6 is 0 Å². The first-order chi connectivity index (χ1) is 15.8. The van der Waals surface area contributed by atoms with Gasteiger partial charge in [-0.2, -0.15) is 0 Å². The number of Topliss-reactive ketones (excluding diaryl/α,β-unsaturated/α-hetero) is 4. The number of phenolic OH excluding ortho intramolecular Hbond substituents is 1. The number of diazo groups is 1. The van der Waals surface area contributed by atoms with E-state index in [9.17, 15) is 44.7 Å². The number of aliphatic hydroxyl groups is 2. The van der Waals surface area contributed by atoms with Crippen LogP contribution in [0.2, 0.25) is 0 Å². The molecule has 0 saturated heterocycles. The van der Waals surface area contributed by atoms with Crippen LogP contribution in [0.1, 0.15) is 28.8 Å². The lowest BCUT2D eigenvalue weighted by Crippen LogP contribution is -2.77. The summed E-state index contributed by atoms with van der Waals surface area (Å²) in [7, 11) is 2.82. The van der Waals surface area contributed by atoms with Crippen molar-refractivity contribution in [3.05, 3.63) is 28.2 Å².